The zero-order valence-corrected chi connectivity index (χ0v) is 17.4. The summed E-state index contributed by atoms with van der Waals surface area (Å²) in [6.45, 7) is 8.12. The van der Waals surface area contributed by atoms with Crippen molar-refractivity contribution in [2.24, 2.45) is 0 Å². The predicted octanol–water partition coefficient (Wildman–Crippen LogP) is 4.26. The Morgan fingerprint density at radius 2 is 1.76 bits per heavy atom. The third-order valence-electron chi connectivity index (χ3n) is 5.62. The van der Waals surface area contributed by atoms with Crippen molar-refractivity contribution in [2.75, 3.05) is 26.2 Å². The number of benzene rings is 2. The molecule has 29 heavy (non-hydrogen) atoms. The van der Waals surface area contributed by atoms with E-state index in [-0.39, 0.29) is 5.56 Å². The fraction of sp³-hybridized carbons (Fsp3) is 0.417. The molecule has 0 saturated carbocycles. The van der Waals surface area contributed by atoms with Gasteiger partial charge in [0.15, 0.2) is 0 Å². The number of hydrogen-bond acceptors (Lipinski definition) is 4. The summed E-state index contributed by atoms with van der Waals surface area (Å²) in [6, 6.07) is 13.5. The van der Waals surface area contributed by atoms with E-state index in [2.05, 4.69) is 9.88 Å². The van der Waals surface area contributed by atoms with Gasteiger partial charge in [0.1, 0.15) is 11.6 Å². The van der Waals surface area contributed by atoms with Gasteiger partial charge in [-0.1, -0.05) is 18.1 Å². The van der Waals surface area contributed by atoms with Crippen molar-refractivity contribution >= 4 is 10.9 Å². The molecular weight excluding hydrogens is 362 g/mol. The Morgan fingerprint density at radius 3 is 2.52 bits per heavy atom. The molecule has 0 unspecified atom stereocenters. The maximum absolute atomic E-state index is 13.0. The molecule has 0 amide bonds. The summed E-state index contributed by atoms with van der Waals surface area (Å²) in [5.41, 5.74) is 2.57. The molecule has 1 aromatic heterocycles. The first kappa shape index (κ1) is 19.6. The van der Waals surface area contributed by atoms with Gasteiger partial charge in [-0.15, -0.1) is 0 Å². The average molecular weight is 392 g/mol. The van der Waals surface area contributed by atoms with Crippen molar-refractivity contribution in [1.29, 1.82) is 0 Å². The van der Waals surface area contributed by atoms with Crippen molar-refractivity contribution < 1.29 is 4.74 Å². The topological polar surface area (TPSA) is 47.4 Å². The van der Waals surface area contributed by atoms with Crippen LogP contribution in [0.3, 0.4) is 0 Å². The highest BCUT2D eigenvalue weighted by Gasteiger charge is 2.11. The highest BCUT2D eigenvalue weighted by atomic mass is 16.5. The van der Waals surface area contributed by atoms with Gasteiger partial charge in [0.2, 0.25) is 0 Å². The fourth-order valence-corrected chi connectivity index (χ4v) is 4.07. The fourth-order valence-electron chi connectivity index (χ4n) is 4.07. The molecule has 1 aliphatic heterocycles. The number of hydrogen-bond donors (Lipinski definition) is 0. The molecule has 5 heteroatoms. The third kappa shape index (κ3) is 4.51. The molecule has 0 aliphatic carbocycles. The number of likely N-dealkylation sites (tertiary alicyclic amines) is 1. The largest absolute Gasteiger partial charge is 0.494 e. The maximum atomic E-state index is 13.0. The minimum absolute atomic E-state index is 0.0357. The Kier molecular flexibility index (Phi) is 5.95. The first-order valence-corrected chi connectivity index (χ1v) is 10.6. The molecule has 4 rings (SSSR count). The summed E-state index contributed by atoms with van der Waals surface area (Å²) in [6.07, 6.45) is 5.05. The number of ether oxygens (including phenoxy) is 1. The molecule has 152 valence electrons. The molecular formula is C24H29N3O2. The van der Waals surface area contributed by atoms with Crippen LogP contribution in [0, 0.1) is 13.8 Å². The molecule has 2 aromatic carbocycles. The number of piperidine rings is 1. The molecule has 5 nitrogen and oxygen atoms in total. The van der Waals surface area contributed by atoms with E-state index in [0.717, 1.165) is 35.5 Å². The van der Waals surface area contributed by atoms with Crippen molar-refractivity contribution in [1.82, 2.24) is 14.5 Å². The lowest BCUT2D eigenvalue weighted by atomic mass is 10.1. The second-order valence-electron chi connectivity index (χ2n) is 7.92. The van der Waals surface area contributed by atoms with Crippen molar-refractivity contribution in [2.45, 2.75) is 39.5 Å². The van der Waals surface area contributed by atoms with E-state index in [1.54, 1.807) is 4.57 Å². The van der Waals surface area contributed by atoms with E-state index in [4.69, 9.17) is 4.74 Å². The molecule has 2 heterocycles. The molecule has 1 saturated heterocycles. The Balaban J connectivity index is 1.44. The molecule has 3 aromatic rings. The third-order valence-corrected chi connectivity index (χ3v) is 5.62. The highest BCUT2D eigenvalue weighted by Crippen LogP contribution is 2.18. The normalized spacial score (nSPS) is 15.0. The summed E-state index contributed by atoms with van der Waals surface area (Å²) in [7, 11) is 0. The van der Waals surface area contributed by atoms with Crippen molar-refractivity contribution in [3.8, 4) is 11.4 Å². The van der Waals surface area contributed by atoms with Crippen LogP contribution in [0.25, 0.3) is 16.6 Å². The minimum Gasteiger partial charge on any atom is -0.494 e. The van der Waals surface area contributed by atoms with Crippen LogP contribution >= 0.6 is 0 Å². The zero-order chi connectivity index (χ0) is 20.2. The first-order chi connectivity index (χ1) is 14.1. The second kappa shape index (κ2) is 8.78. The molecule has 0 N–H and O–H groups in total. The van der Waals surface area contributed by atoms with Crippen LogP contribution in [-0.2, 0) is 0 Å². The maximum Gasteiger partial charge on any atom is 0.265 e. The molecule has 1 fully saturated rings. The number of aromatic nitrogens is 2. The smallest absolute Gasteiger partial charge is 0.265 e. The van der Waals surface area contributed by atoms with E-state index in [0.29, 0.717) is 17.8 Å². The Bertz CT molecular complexity index is 1030. The quantitative estimate of drug-likeness (QED) is 0.589. The van der Waals surface area contributed by atoms with E-state index in [1.165, 1.54) is 32.4 Å². The number of aryl methyl sites for hydroxylation is 2. The lowest BCUT2D eigenvalue weighted by Gasteiger charge is -2.26. The highest BCUT2D eigenvalue weighted by molar-refractivity contribution is 5.78. The van der Waals surface area contributed by atoms with Crippen LogP contribution in [0.1, 0.15) is 37.1 Å². The lowest BCUT2D eigenvalue weighted by molar-refractivity contribution is 0.205. The van der Waals surface area contributed by atoms with Gasteiger partial charge in [-0.2, -0.15) is 0 Å². The number of rotatable bonds is 6. The summed E-state index contributed by atoms with van der Waals surface area (Å²) in [5.74, 6) is 1.52. The Labute approximate surface area is 171 Å². The van der Waals surface area contributed by atoms with Gasteiger partial charge in [0, 0.05) is 6.54 Å². The molecule has 1 aliphatic rings. The van der Waals surface area contributed by atoms with Gasteiger partial charge in [-0.05, 0) is 82.6 Å². The summed E-state index contributed by atoms with van der Waals surface area (Å²) in [5, 5.41) is 0.647. The van der Waals surface area contributed by atoms with Crippen LogP contribution in [0.2, 0.25) is 0 Å². The molecule has 0 spiro atoms. The lowest BCUT2D eigenvalue weighted by Crippen LogP contribution is -2.31. The standard InChI is InChI=1S/C24H29N3O2/c1-18-7-12-23-22(17-18)24(28)27(19(2)25-23)20-8-10-21(11-9-20)29-16-6-15-26-13-4-3-5-14-26/h7-12,17H,3-6,13-16H2,1-2H3. The van der Waals surface area contributed by atoms with E-state index in [9.17, 15) is 4.79 Å². The van der Waals surface area contributed by atoms with Gasteiger partial charge in [0.05, 0.1) is 23.2 Å². The first-order valence-electron chi connectivity index (χ1n) is 10.6. The van der Waals surface area contributed by atoms with Gasteiger partial charge >= 0.3 is 0 Å². The van der Waals surface area contributed by atoms with Crippen LogP contribution in [-0.4, -0.2) is 40.7 Å². The van der Waals surface area contributed by atoms with E-state index in [1.807, 2.05) is 56.3 Å². The van der Waals surface area contributed by atoms with Crippen molar-refractivity contribution in [3.05, 3.63) is 64.2 Å². The van der Waals surface area contributed by atoms with Gasteiger partial charge in [-0.25, -0.2) is 4.98 Å². The number of fused-ring (bicyclic) bond motifs is 1. The van der Waals surface area contributed by atoms with Crippen LogP contribution in [0.15, 0.2) is 47.3 Å². The Morgan fingerprint density at radius 1 is 1.00 bits per heavy atom. The van der Waals surface area contributed by atoms with Crippen molar-refractivity contribution in [3.63, 3.8) is 0 Å². The zero-order valence-electron chi connectivity index (χ0n) is 17.4. The van der Waals surface area contributed by atoms with Gasteiger partial charge in [-0.3, -0.25) is 9.36 Å². The average Bonchev–Trinajstić information content (AvgIpc) is 2.74. The Hall–Kier alpha value is -2.66. The van der Waals surface area contributed by atoms with Crippen LogP contribution in [0.4, 0.5) is 0 Å². The SMILES string of the molecule is Cc1ccc2nc(C)n(-c3ccc(OCCCN4CCCCC4)cc3)c(=O)c2c1. The minimum atomic E-state index is -0.0357. The molecule has 0 bridgehead atoms. The van der Waals surface area contributed by atoms with Gasteiger partial charge in [0.25, 0.3) is 5.56 Å². The second-order valence-corrected chi connectivity index (χ2v) is 7.92. The summed E-state index contributed by atoms with van der Waals surface area (Å²) in [4.78, 5) is 20.2. The molecule has 0 radical (unpaired) electrons. The summed E-state index contributed by atoms with van der Waals surface area (Å²) < 4.78 is 7.57. The number of nitrogens with zero attached hydrogens (tertiary/aromatic N) is 3. The monoisotopic (exact) mass is 391 g/mol. The van der Waals surface area contributed by atoms with E-state index >= 15 is 0 Å². The van der Waals surface area contributed by atoms with E-state index < -0.39 is 0 Å². The molecule has 0 atom stereocenters. The van der Waals surface area contributed by atoms with Crippen LogP contribution in [0.5, 0.6) is 5.75 Å². The van der Waals surface area contributed by atoms with Gasteiger partial charge < -0.3 is 9.64 Å². The summed E-state index contributed by atoms with van der Waals surface area (Å²) >= 11 is 0. The van der Waals surface area contributed by atoms with Crippen LogP contribution < -0.4 is 10.3 Å². The predicted molar refractivity (Wildman–Crippen MR) is 117 cm³/mol.